The lowest BCUT2D eigenvalue weighted by Crippen LogP contribution is -2.48. The van der Waals surface area contributed by atoms with Crippen molar-refractivity contribution in [2.45, 2.75) is 70.0 Å². The molecule has 0 spiro atoms. The van der Waals surface area contributed by atoms with Gasteiger partial charge < -0.3 is 15.5 Å². The van der Waals surface area contributed by atoms with Crippen LogP contribution >= 0.6 is 0 Å². The second-order valence-electron chi connectivity index (χ2n) is 6.12. The van der Waals surface area contributed by atoms with Crippen LogP contribution in [0.4, 0.5) is 0 Å². The number of piperidine rings is 1. The predicted octanol–water partition coefficient (Wildman–Crippen LogP) is 1.03. The summed E-state index contributed by atoms with van der Waals surface area (Å²) in [7, 11) is 1.89. The number of nitrogens with zero attached hydrogens (tertiary/aromatic N) is 1. The third-order valence-corrected chi connectivity index (χ3v) is 4.53. The highest BCUT2D eigenvalue weighted by molar-refractivity contribution is 5.83. The summed E-state index contributed by atoms with van der Waals surface area (Å²) in [5.74, 6) is 0.0851. The molecule has 2 atom stereocenters. The van der Waals surface area contributed by atoms with Crippen molar-refractivity contribution in [2.24, 2.45) is 0 Å². The van der Waals surface area contributed by atoms with Crippen molar-refractivity contribution in [2.75, 3.05) is 13.6 Å². The van der Waals surface area contributed by atoms with Crippen molar-refractivity contribution in [1.29, 1.82) is 0 Å². The van der Waals surface area contributed by atoms with Crippen molar-refractivity contribution in [1.82, 2.24) is 15.5 Å². The highest BCUT2D eigenvalue weighted by Gasteiger charge is 2.36. The minimum absolute atomic E-state index is 0.0148. The average Bonchev–Trinajstić information content (AvgIpc) is 2.80. The normalized spacial score (nSPS) is 28.2. The maximum absolute atomic E-state index is 12.2. The van der Waals surface area contributed by atoms with Crippen LogP contribution < -0.4 is 10.6 Å². The van der Waals surface area contributed by atoms with E-state index in [0.29, 0.717) is 37.5 Å². The van der Waals surface area contributed by atoms with E-state index < -0.39 is 0 Å². The lowest BCUT2D eigenvalue weighted by atomic mass is 9.98. The zero-order valence-electron chi connectivity index (χ0n) is 12.7. The standard InChI is InChI=1S/C15H27N3O2/c1-3-8-16-14(19)6-7-15(20)18(2)13-9-11-4-5-12(10-13)17-11/h11-13,17H,3-10H2,1-2H3,(H,16,19). The van der Waals surface area contributed by atoms with Crippen LogP contribution in [0.15, 0.2) is 0 Å². The molecule has 2 bridgehead atoms. The summed E-state index contributed by atoms with van der Waals surface area (Å²) < 4.78 is 0. The van der Waals surface area contributed by atoms with Crippen molar-refractivity contribution in [3.05, 3.63) is 0 Å². The lowest BCUT2D eigenvalue weighted by Gasteiger charge is -2.35. The molecular weight excluding hydrogens is 254 g/mol. The molecule has 0 saturated carbocycles. The Bertz CT molecular complexity index is 347. The molecular formula is C15H27N3O2. The quantitative estimate of drug-likeness (QED) is 0.764. The van der Waals surface area contributed by atoms with Gasteiger partial charge >= 0.3 is 0 Å². The van der Waals surface area contributed by atoms with Gasteiger partial charge in [0.1, 0.15) is 0 Å². The highest BCUT2D eigenvalue weighted by atomic mass is 16.2. The van der Waals surface area contributed by atoms with E-state index in [-0.39, 0.29) is 11.8 Å². The summed E-state index contributed by atoms with van der Waals surface area (Å²) in [5.41, 5.74) is 0. The number of hydrogen-bond donors (Lipinski definition) is 2. The van der Waals surface area contributed by atoms with Gasteiger partial charge in [-0.3, -0.25) is 9.59 Å². The van der Waals surface area contributed by atoms with Crippen LogP contribution in [0.5, 0.6) is 0 Å². The third kappa shape index (κ3) is 3.95. The molecule has 2 unspecified atom stereocenters. The van der Waals surface area contributed by atoms with Crippen molar-refractivity contribution in [3.8, 4) is 0 Å². The molecule has 2 heterocycles. The first-order chi connectivity index (χ1) is 9.60. The van der Waals surface area contributed by atoms with Crippen molar-refractivity contribution < 1.29 is 9.59 Å². The summed E-state index contributed by atoms with van der Waals surface area (Å²) in [4.78, 5) is 25.6. The van der Waals surface area contributed by atoms with Gasteiger partial charge in [-0.15, -0.1) is 0 Å². The van der Waals surface area contributed by atoms with E-state index in [1.807, 2.05) is 18.9 Å². The molecule has 5 heteroatoms. The van der Waals surface area contributed by atoms with Gasteiger partial charge in [0.25, 0.3) is 0 Å². The van der Waals surface area contributed by atoms with Gasteiger partial charge in [0.15, 0.2) is 0 Å². The molecule has 0 aromatic heterocycles. The zero-order chi connectivity index (χ0) is 14.5. The fourth-order valence-corrected chi connectivity index (χ4v) is 3.30. The Kier molecular flexibility index (Phi) is 5.40. The van der Waals surface area contributed by atoms with Crippen LogP contribution in [0.1, 0.15) is 51.9 Å². The number of fused-ring (bicyclic) bond motifs is 2. The van der Waals surface area contributed by atoms with E-state index in [0.717, 1.165) is 19.3 Å². The molecule has 2 saturated heterocycles. The van der Waals surface area contributed by atoms with Gasteiger partial charge in [0.05, 0.1) is 0 Å². The molecule has 5 nitrogen and oxygen atoms in total. The van der Waals surface area contributed by atoms with E-state index in [1.54, 1.807) is 0 Å². The second kappa shape index (κ2) is 7.07. The summed E-state index contributed by atoms with van der Waals surface area (Å²) in [5, 5.41) is 6.40. The Labute approximate surface area is 121 Å². The Morgan fingerprint density at radius 1 is 1.20 bits per heavy atom. The Hall–Kier alpha value is -1.10. The maximum Gasteiger partial charge on any atom is 0.223 e. The highest BCUT2D eigenvalue weighted by Crippen LogP contribution is 2.29. The smallest absolute Gasteiger partial charge is 0.223 e. The predicted molar refractivity (Wildman–Crippen MR) is 78.3 cm³/mol. The van der Waals surface area contributed by atoms with Crippen LogP contribution in [0.3, 0.4) is 0 Å². The fraction of sp³-hybridized carbons (Fsp3) is 0.867. The first kappa shape index (κ1) is 15.3. The van der Waals surface area contributed by atoms with Crippen LogP contribution in [0, 0.1) is 0 Å². The van der Waals surface area contributed by atoms with Crippen molar-refractivity contribution >= 4 is 11.8 Å². The van der Waals surface area contributed by atoms with E-state index in [4.69, 9.17) is 0 Å². The first-order valence-electron chi connectivity index (χ1n) is 7.88. The van der Waals surface area contributed by atoms with Crippen LogP contribution in [0.2, 0.25) is 0 Å². The summed E-state index contributed by atoms with van der Waals surface area (Å²) >= 11 is 0. The van der Waals surface area contributed by atoms with E-state index in [2.05, 4.69) is 10.6 Å². The van der Waals surface area contributed by atoms with E-state index >= 15 is 0 Å². The van der Waals surface area contributed by atoms with Crippen molar-refractivity contribution in [3.63, 3.8) is 0 Å². The number of amides is 2. The van der Waals surface area contributed by atoms with Gasteiger partial charge in [0.2, 0.25) is 11.8 Å². The molecule has 2 N–H and O–H groups in total. The van der Waals surface area contributed by atoms with Gasteiger partial charge in [-0.05, 0) is 32.1 Å². The fourth-order valence-electron chi connectivity index (χ4n) is 3.30. The molecule has 20 heavy (non-hydrogen) atoms. The van der Waals surface area contributed by atoms with Crippen LogP contribution in [-0.2, 0) is 9.59 Å². The summed E-state index contributed by atoms with van der Waals surface area (Å²) in [6.07, 6.45) is 6.15. The van der Waals surface area contributed by atoms with Gasteiger partial charge in [-0.1, -0.05) is 6.92 Å². The zero-order valence-corrected chi connectivity index (χ0v) is 12.7. The van der Waals surface area contributed by atoms with Gasteiger partial charge in [-0.2, -0.15) is 0 Å². The van der Waals surface area contributed by atoms with Crippen LogP contribution in [0.25, 0.3) is 0 Å². The number of rotatable bonds is 6. The molecule has 0 radical (unpaired) electrons. The number of nitrogens with one attached hydrogen (secondary N) is 2. The third-order valence-electron chi connectivity index (χ3n) is 4.53. The molecule has 114 valence electrons. The first-order valence-corrected chi connectivity index (χ1v) is 7.88. The minimum Gasteiger partial charge on any atom is -0.356 e. The molecule has 2 aliphatic rings. The Balaban J connectivity index is 1.73. The molecule has 0 aliphatic carbocycles. The maximum atomic E-state index is 12.2. The number of carbonyl (C=O) groups is 2. The largest absolute Gasteiger partial charge is 0.356 e. The van der Waals surface area contributed by atoms with E-state index in [1.165, 1.54) is 12.8 Å². The SMILES string of the molecule is CCCNC(=O)CCC(=O)N(C)C1CC2CCC(C1)N2. The molecule has 0 aromatic carbocycles. The second-order valence-corrected chi connectivity index (χ2v) is 6.12. The molecule has 2 fully saturated rings. The average molecular weight is 281 g/mol. The Morgan fingerprint density at radius 2 is 1.85 bits per heavy atom. The molecule has 2 aliphatic heterocycles. The number of carbonyl (C=O) groups excluding carboxylic acids is 2. The monoisotopic (exact) mass is 281 g/mol. The van der Waals surface area contributed by atoms with Gasteiger partial charge in [0, 0.05) is 44.6 Å². The molecule has 2 rings (SSSR count). The van der Waals surface area contributed by atoms with E-state index in [9.17, 15) is 9.59 Å². The molecule has 0 aromatic rings. The summed E-state index contributed by atoms with van der Waals surface area (Å²) in [6, 6.07) is 1.52. The minimum atomic E-state index is -0.0148. The Morgan fingerprint density at radius 3 is 2.45 bits per heavy atom. The summed E-state index contributed by atoms with van der Waals surface area (Å²) in [6.45, 7) is 2.71. The van der Waals surface area contributed by atoms with Crippen LogP contribution in [-0.4, -0.2) is 48.4 Å². The van der Waals surface area contributed by atoms with Gasteiger partial charge in [-0.25, -0.2) is 0 Å². The number of hydrogen-bond acceptors (Lipinski definition) is 3. The lowest BCUT2D eigenvalue weighted by molar-refractivity contribution is -0.134. The molecule has 2 amide bonds. The topological polar surface area (TPSA) is 61.4 Å².